The predicted octanol–water partition coefficient (Wildman–Crippen LogP) is 1.84. The highest BCUT2D eigenvalue weighted by molar-refractivity contribution is 5.40. The van der Waals surface area contributed by atoms with Crippen LogP contribution in [0.25, 0.3) is 0 Å². The molecule has 0 fully saturated rings. The van der Waals surface area contributed by atoms with Crippen LogP contribution in [0.3, 0.4) is 0 Å². The Labute approximate surface area is 116 Å². The lowest BCUT2D eigenvalue weighted by molar-refractivity contribution is 0.290. The zero-order chi connectivity index (χ0) is 14.2. The molecule has 20 heavy (non-hydrogen) atoms. The summed E-state index contributed by atoms with van der Waals surface area (Å²) in [6.07, 6.45) is 3.89. The molecule has 1 heterocycles. The van der Waals surface area contributed by atoms with Gasteiger partial charge >= 0.3 is 0 Å². The number of aliphatic hydroxyl groups excluding tert-OH is 1. The van der Waals surface area contributed by atoms with E-state index >= 15 is 0 Å². The Morgan fingerprint density at radius 1 is 1.35 bits per heavy atom. The van der Waals surface area contributed by atoms with E-state index in [0.717, 1.165) is 0 Å². The highest BCUT2D eigenvalue weighted by atomic mass is 19.1. The molecule has 2 rings (SSSR count). The van der Waals surface area contributed by atoms with Crippen LogP contribution >= 0.6 is 0 Å². The molecule has 0 saturated heterocycles. The van der Waals surface area contributed by atoms with Crippen LogP contribution in [-0.2, 0) is 6.54 Å². The van der Waals surface area contributed by atoms with Gasteiger partial charge in [0.1, 0.15) is 18.2 Å². The monoisotopic (exact) mass is 274 g/mol. The van der Waals surface area contributed by atoms with Crippen molar-refractivity contribution in [3.63, 3.8) is 0 Å². The second kappa shape index (κ2) is 7.31. The maximum atomic E-state index is 13.4. The summed E-state index contributed by atoms with van der Waals surface area (Å²) in [5.41, 5.74) is 0.535. The summed E-state index contributed by atoms with van der Waals surface area (Å²) in [6.45, 7) is 0.985. The van der Waals surface area contributed by atoms with Crippen molar-refractivity contribution in [2.24, 2.45) is 0 Å². The van der Waals surface area contributed by atoms with Gasteiger partial charge in [-0.15, -0.1) is 0 Å². The summed E-state index contributed by atoms with van der Waals surface area (Å²) >= 11 is 0. The molecule has 104 valence electrons. The molecular formula is C15H15FN2O2. The minimum Gasteiger partial charge on any atom is -0.492 e. The molecular weight excluding hydrogens is 259 g/mol. The number of hydrogen-bond acceptors (Lipinski definition) is 3. The molecule has 5 heteroatoms. The van der Waals surface area contributed by atoms with Gasteiger partial charge in [-0.2, -0.15) is 5.10 Å². The van der Waals surface area contributed by atoms with E-state index in [9.17, 15) is 4.39 Å². The average Bonchev–Trinajstić information content (AvgIpc) is 2.92. The van der Waals surface area contributed by atoms with Crippen LogP contribution in [0.1, 0.15) is 12.0 Å². The Kier molecular flexibility index (Phi) is 5.15. The Morgan fingerprint density at radius 2 is 2.25 bits per heavy atom. The van der Waals surface area contributed by atoms with E-state index < -0.39 is 5.82 Å². The number of aromatic nitrogens is 2. The van der Waals surface area contributed by atoms with E-state index in [2.05, 4.69) is 16.9 Å². The van der Waals surface area contributed by atoms with Crippen LogP contribution in [0.2, 0.25) is 0 Å². The van der Waals surface area contributed by atoms with Crippen molar-refractivity contribution in [2.75, 3.05) is 13.2 Å². The third-order valence-corrected chi connectivity index (χ3v) is 2.49. The van der Waals surface area contributed by atoms with E-state index in [1.165, 1.54) is 12.1 Å². The Hall–Kier alpha value is -2.32. The summed E-state index contributed by atoms with van der Waals surface area (Å²) in [6, 6.07) is 6.17. The lowest BCUT2D eigenvalue weighted by Gasteiger charge is -2.07. The van der Waals surface area contributed by atoms with Crippen molar-refractivity contribution in [3.05, 3.63) is 48.0 Å². The van der Waals surface area contributed by atoms with Crippen molar-refractivity contribution in [1.82, 2.24) is 9.78 Å². The molecule has 1 aromatic carbocycles. The molecule has 2 aromatic rings. The topological polar surface area (TPSA) is 47.3 Å². The molecule has 0 unspecified atom stereocenters. The molecule has 0 aliphatic heterocycles. The number of nitrogens with zero attached hydrogens (tertiary/aromatic N) is 2. The van der Waals surface area contributed by atoms with E-state index in [0.29, 0.717) is 30.9 Å². The number of ether oxygens (including phenoxy) is 1. The first kappa shape index (κ1) is 14.1. The first-order valence-corrected chi connectivity index (χ1v) is 6.28. The molecule has 0 atom stereocenters. The highest BCUT2D eigenvalue weighted by Gasteiger charge is 2.01. The third-order valence-electron chi connectivity index (χ3n) is 2.49. The zero-order valence-corrected chi connectivity index (χ0v) is 10.9. The molecule has 0 aliphatic rings. The first-order chi connectivity index (χ1) is 9.78. The minimum atomic E-state index is -0.394. The lowest BCUT2D eigenvalue weighted by Crippen LogP contribution is -2.08. The fraction of sp³-hybridized carbons (Fsp3) is 0.267. The lowest BCUT2D eigenvalue weighted by atomic mass is 10.2. The molecule has 0 aliphatic carbocycles. The normalized spacial score (nSPS) is 9.90. The quantitative estimate of drug-likeness (QED) is 0.846. The SMILES string of the molecule is OCCC#Cc1cc(F)cc(OCCn2cccn2)c1. The summed E-state index contributed by atoms with van der Waals surface area (Å²) < 4.78 is 20.6. The van der Waals surface area contributed by atoms with Crippen molar-refractivity contribution in [3.8, 4) is 17.6 Å². The molecule has 0 amide bonds. The van der Waals surface area contributed by atoms with Crippen molar-refractivity contribution >= 4 is 0 Å². The molecule has 1 N–H and O–H groups in total. The van der Waals surface area contributed by atoms with E-state index in [-0.39, 0.29) is 6.61 Å². The molecule has 1 aromatic heterocycles. The summed E-state index contributed by atoms with van der Waals surface area (Å²) in [5.74, 6) is 5.57. The highest BCUT2D eigenvalue weighted by Crippen LogP contribution is 2.16. The number of aliphatic hydroxyl groups is 1. The zero-order valence-electron chi connectivity index (χ0n) is 10.9. The molecule has 0 bridgehead atoms. The maximum absolute atomic E-state index is 13.4. The van der Waals surface area contributed by atoms with Gasteiger partial charge in [-0.25, -0.2) is 4.39 Å². The molecule has 0 saturated carbocycles. The van der Waals surface area contributed by atoms with Crippen LogP contribution in [0.5, 0.6) is 5.75 Å². The van der Waals surface area contributed by atoms with Crippen LogP contribution in [-0.4, -0.2) is 28.1 Å². The summed E-state index contributed by atoms with van der Waals surface area (Å²) in [7, 11) is 0. The molecule has 0 radical (unpaired) electrons. The summed E-state index contributed by atoms with van der Waals surface area (Å²) in [5, 5.41) is 12.7. The van der Waals surface area contributed by atoms with Gasteiger partial charge in [0, 0.05) is 30.4 Å². The Balaban J connectivity index is 1.95. The van der Waals surface area contributed by atoms with Crippen molar-refractivity contribution in [1.29, 1.82) is 0 Å². The minimum absolute atomic E-state index is 0.00442. The average molecular weight is 274 g/mol. The number of benzene rings is 1. The van der Waals surface area contributed by atoms with Gasteiger partial charge in [-0.05, 0) is 18.2 Å². The second-order valence-corrected chi connectivity index (χ2v) is 4.07. The van der Waals surface area contributed by atoms with E-state index in [1.807, 2.05) is 12.3 Å². The van der Waals surface area contributed by atoms with Gasteiger partial charge in [0.05, 0.1) is 13.2 Å². The third kappa shape index (κ3) is 4.41. The van der Waals surface area contributed by atoms with Gasteiger partial charge in [0.15, 0.2) is 0 Å². The van der Waals surface area contributed by atoms with Gasteiger partial charge in [-0.3, -0.25) is 4.68 Å². The second-order valence-electron chi connectivity index (χ2n) is 4.07. The number of hydrogen-bond donors (Lipinski definition) is 1. The van der Waals surface area contributed by atoms with Gasteiger partial charge < -0.3 is 9.84 Å². The Bertz CT molecular complexity index is 600. The van der Waals surface area contributed by atoms with Gasteiger partial charge in [0.25, 0.3) is 0 Å². The smallest absolute Gasteiger partial charge is 0.128 e. The summed E-state index contributed by atoms with van der Waals surface area (Å²) in [4.78, 5) is 0. The van der Waals surface area contributed by atoms with Crippen LogP contribution in [0, 0.1) is 17.7 Å². The van der Waals surface area contributed by atoms with Crippen molar-refractivity contribution in [2.45, 2.75) is 13.0 Å². The van der Waals surface area contributed by atoms with Crippen molar-refractivity contribution < 1.29 is 14.2 Å². The van der Waals surface area contributed by atoms with Gasteiger partial charge in [0.2, 0.25) is 0 Å². The molecule has 4 nitrogen and oxygen atoms in total. The number of rotatable bonds is 5. The van der Waals surface area contributed by atoms with Gasteiger partial charge in [-0.1, -0.05) is 11.8 Å². The fourth-order valence-corrected chi connectivity index (χ4v) is 1.63. The van der Waals surface area contributed by atoms with E-state index in [4.69, 9.17) is 9.84 Å². The first-order valence-electron chi connectivity index (χ1n) is 6.28. The van der Waals surface area contributed by atoms with Crippen LogP contribution < -0.4 is 4.74 Å². The standard InChI is InChI=1S/C15H15FN2O2/c16-14-10-13(4-1-2-8-19)11-15(12-14)20-9-7-18-6-3-5-17-18/h3,5-6,10-12,19H,2,7-9H2. The van der Waals surface area contributed by atoms with Crippen LogP contribution in [0.4, 0.5) is 4.39 Å². The maximum Gasteiger partial charge on any atom is 0.128 e. The van der Waals surface area contributed by atoms with Crippen LogP contribution in [0.15, 0.2) is 36.7 Å². The number of halogens is 1. The van der Waals surface area contributed by atoms with E-state index in [1.54, 1.807) is 16.9 Å². The predicted molar refractivity (Wildman–Crippen MR) is 72.7 cm³/mol. The Morgan fingerprint density at radius 3 is 3.00 bits per heavy atom. The fourth-order valence-electron chi connectivity index (χ4n) is 1.63. The largest absolute Gasteiger partial charge is 0.492 e. The molecule has 0 spiro atoms.